The standard InChI is InChI=1S/C13H11F2NO4S/c14-9-5-8(12(17)18)6-10(11(9)15)21(19,20)7-13(1-2-13)3-4-16/h5-6H,1-3,7H2,(H,17,18). The number of nitriles is 1. The van der Waals surface area contributed by atoms with E-state index in [9.17, 15) is 22.0 Å². The molecule has 8 heteroatoms. The number of carboxylic acids is 1. The first-order valence-electron chi connectivity index (χ1n) is 6.03. The lowest BCUT2D eigenvalue weighted by Gasteiger charge is -2.13. The van der Waals surface area contributed by atoms with E-state index >= 15 is 0 Å². The third-order valence-corrected chi connectivity index (χ3v) is 5.44. The Kier molecular flexibility index (Phi) is 3.72. The second kappa shape index (κ2) is 5.07. The highest BCUT2D eigenvalue weighted by Gasteiger charge is 2.47. The molecule has 1 aromatic carbocycles. The molecule has 112 valence electrons. The van der Waals surface area contributed by atoms with Gasteiger partial charge in [0.05, 0.1) is 17.4 Å². The molecule has 2 rings (SSSR count). The van der Waals surface area contributed by atoms with Crippen molar-refractivity contribution in [2.24, 2.45) is 5.41 Å². The lowest BCUT2D eigenvalue weighted by molar-refractivity contribution is 0.0696. The Balaban J connectivity index is 2.45. The topological polar surface area (TPSA) is 95.2 Å². The number of halogens is 2. The normalized spacial score (nSPS) is 16.2. The molecule has 0 amide bonds. The molecule has 1 aliphatic rings. The van der Waals surface area contributed by atoms with Gasteiger partial charge in [-0.2, -0.15) is 5.26 Å². The zero-order chi connectivity index (χ0) is 15.8. The molecule has 0 heterocycles. The minimum atomic E-state index is -4.22. The highest BCUT2D eigenvalue weighted by Crippen LogP contribution is 2.50. The predicted octanol–water partition coefficient (Wildman–Crippen LogP) is 2.13. The Bertz CT molecular complexity index is 748. The first-order chi connectivity index (χ1) is 9.71. The summed E-state index contributed by atoms with van der Waals surface area (Å²) in [6, 6.07) is 2.91. The summed E-state index contributed by atoms with van der Waals surface area (Å²) in [7, 11) is -4.22. The molecule has 0 radical (unpaired) electrons. The number of benzene rings is 1. The molecule has 1 aromatic rings. The van der Waals surface area contributed by atoms with Gasteiger partial charge in [-0.3, -0.25) is 0 Å². The number of carboxylic acid groups (broad SMARTS) is 1. The van der Waals surface area contributed by atoms with Crippen LogP contribution in [0.15, 0.2) is 17.0 Å². The number of rotatable bonds is 5. The van der Waals surface area contributed by atoms with Crippen molar-refractivity contribution in [1.82, 2.24) is 0 Å². The summed E-state index contributed by atoms with van der Waals surface area (Å²) >= 11 is 0. The summed E-state index contributed by atoms with van der Waals surface area (Å²) in [5.41, 5.74) is -1.37. The quantitative estimate of drug-likeness (QED) is 0.898. The first kappa shape index (κ1) is 15.4. The summed E-state index contributed by atoms with van der Waals surface area (Å²) in [5, 5.41) is 17.5. The number of nitrogens with zero attached hydrogens (tertiary/aromatic N) is 1. The molecule has 1 aliphatic carbocycles. The lowest BCUT2D eigenvalue weighted by atomic mass is 10.1. The van der Waals surface area contributed by atoms with Gasteiger partial charge >= 0.3 is 5.97 Å². The maximum atomic E-state index is 13.7. The van der Waals surface area contributed by atoms with Gasteiger partial charge in [0.15, 0.2) is 21.5 Å². The number of aromatic carboxylic acids is 1. The third-order valence-electron chi connectivity index (χ3n) is 3.48. The molecular weight excluding hydrogens is 304 g/mol. The van der Waals surface area contributed by atoms with Gasteiger partial charge in [0, 0.05) is 6.42 Å². The summed E-state index contributed by atoms with van der Waals surface area (Å²) in [4.78, 5) is 9.85. The zero-order valence-electron chi connectivity index (χ0n) is 10.8. The molecule has 0 saturated heterocycles. The predicted molar refractivity (Wildman–Crippen MR) is 67.3 cm³/mol. The molecule has 5 nitrogen and oxygen atoms in total. The molecule has 1 N–H and O–H groups in total. The third kappa shape index (κ3) is 3.03. The highest BCUT2D eigenvalue weighted by molar-refractivity contribution is 7.91. The van der Waals surface area contributed by atoms with E-state index in [2.05, 4.69) is 0 Å². The van der Waals surface area contributed by atoms with Crippen LogP contribution in [0.1, 0.15) is 29.6 Å². The monoisotopic (exact) mass is 315 g/mol. The minimum Gasteiger partial charge on any atom is -0.478 e. The van der Waals surface area contributed by atoms with E-state index in [1.54, 1.807) is 0 Å². The van der Waals surface area contributed by atoms with Crippen LogP contribution in [0.3, 0.4) is 0 Å². The molecule has 0 spiro atoms. The lowest BCUT2D eigenvalue weighted by Crippen LogP contribution is -2.19. The van der Waals surface area contributed by atoms with Crippen LogP contribution in [0, 0.1) is 28.4 Å². The van der Waals surface area contributed by atoms with E-state index in [1.165, 1.54) is 0 Å². The van der Waals surface area contributed by atoms with Crippen LogP contribution in [0.4, 0.5) is 8.78 Å². The summed E-state index contributed by atoms with van der Waals surface area (Å²) in [6.45, 7) is 0. The first-order valence-corrected chi connectivity index (χ1v) is 7.68. The molecular formula is C13H11F2NO4S. The van der Waals surface area contributed by atoms with Crippen molar-refractivity contribution in [1.29, 1.82) is 5.26 Å². The molecule has 1 fully saturated rings. The van der Waals surface area contributed by atoms with Crippen molar-refractivity contribution in [3.8, 4) is 6.07 Å². The fourth-order valence-corrected chi connectivity index (χ4v) is 4.14. The second-order valence-electron chi connectivity index (χ2n) is 5.17. The maximum absolute atomic E-state index is 13.7. The van der Waals surface area contributed by atoms with Gasteiger partial charge < -0.3 is 5.11 Å². The van der Waals surface area contributed by atoms with E-state index < -0.39 is 49.1 Å². The van der Waals surface area contributed by atoms with E-state index in [-0.39, 0.29) is 6.42 Å². The number of sulfone groups is 1. The average molecular weight is 315 g/mol. The second-order valence-corrected chi connectivity index (χ2v) is 7.13. The average Bonchev–Trinajstić information content (AvgIpc) is 3.11. The van der Waals surface area contributed by atoms with Crippen LogP contribution in [0.5, 0.6) is 0 Å². The smallest absolute Gasteiger partial charge is 0.335 e. The van der Waals surface area contributed by atoms with Crippen molar-refractivity contribution < 1.29 is 27.1 Å². The van der Waals surface area contributed by atoms with Gasteiger partial charge in [0.2, 0.25) is 0 Å². The largest absolute Gasteiger partial charge is 0.478 e. The Hall–Kier alpha value is -2.01. The van der Waals surface area contributed by atoms with E-state index in [0.717, 1.165) is 0 Å². The van der Waals surface area contributed by atoms with E-state index in [1.807, 2.05) is 6.07 Å². The fourth-order valence-electron chi connectivity index (χ4n) is 2.11. The molecule has 0 bridgehead atoms. The molecule has 1 saturated carbocycles. The van der Waals surface area contributed by atoms with Gasteiger partial charge in [0.1, 0.15) is 4.90 Å². The SMILES string of the molecule is N#CCC1(CS(=O)(=O)c2cc(C(=O)O)cc(F)c2F)CC1. The van der Waals surface area contributed by atoms with Gasteiger partial charge in [-0.25, -0.2) is 22.0 Å². The van der Waals surface area contributed by atoms with Crippen LogP contribution in [-0.4, -0.2) is 25.2 Å². The van der Waals surface area contributed by atoms with Crippen molar-refractivity contribution in [3.63, 3.8) is 0 Å². The molecule has 0 atom stereocenters. The zero-order valence-corrected chi connectivity index (χ0v) is 11.6. The summed E-state index contributed by atoms with van der Waals surface area (Å²) < 4.78 is 51.5. The van der Waals surface area contributed by atoms with Crippen LogP contribution >= 0.6 is 0 Å². The minimum absolute atomic E-state index is 0.00888. The van der Waals surface area contributed by atoms with E-state index in [4.69, 9.17) is 10.4 Å². The van der Waals surface area contributed by atoms with Crippen LogP contribution in [0.25, 0.3) is 0 Å². The van der Waals surface area contributed by atoms with Crippen LogP contribution in [0.2, 0.25) is 0 Å². The maximum Gasteiger partial charge on any atom is 0.335 e. The Labute approximate surface area is 119 Å². The molecule has 0 aliphatic heterocycles. The molecule has 21 heavy (non-hydrogen) atoms. The Morgan fingerprint density at radius 1 is 1.38 bits per heavy atom. The Morgan fingerprint density at radius 3 is 2.48 bits per heavy atom. The number of hydrogen-bond acceptors (Lipinski definition) is 4. The highest BCUT2D eigenvalue weighted by atomic mass is 32.2. The van der Waals surface area contributed by atoms with Crippen LogP contribution in [-0.2, 0) is 9.84 Å². The van der Waals surface area contributed by atoms with E-state index in [0.29, 0.717) is 25.0 Å². The van der Waals surface area contributed by atoms with Crippen molar-refractivity contribution in [3.05, 3.63) is 29.3 Å². The number of carbonyl (C=O) groups is 1. The van der Waals surface area contributed by atoms with Crippen molar-refractivity contribution in [2.75, 3.05) is 5.75 Å². The van der Waals surface area contributed by atoms with Gasteiger partial charge in [-0.1, -0.05) is 0 Å². The molecule has 0 unspecified atom stereocenters. The van der Waals surface area contributed by atoms with Crippen molar-refractivity contribution >= 4 is 15.8 Å². The van der Waals surface area contributed by atoms with Gasteiger partial charge in [-0.15, -0.1) is 0 Å². The summed E-state index contributed by atoms with van der Waals surface area (Å²) in [6.07, 6.45) is 1.04. The van der Waals surface area contributed by atoms with Crippen LogP contribution < -0.4 is 0 Å². The fraction of sp³-hybridized carbons (Fsp3) is 0.385. The summed E-state index contributed by atoms with van der Waals surface area (Å²) in [5.74, 6) is -5.16. The Morgan fingerprint density at radius 2 is 2.00 bits per heavy atom. The van der Waals surface area contributed by atoms with Gasteiger partial charge in [-0.05, 0) is 30.4 Å². The number of hydrogen-bond donors (Lipinski definition) is 1. The van der Waals surface area contributed by atoms with Crippen molar-refractivity contribution in [2.45, 2.75) is 24.2 Å². The van der Waals surface area contributed by atoms with Gasteiger partial charge in [0.25, 0.3) is 0 Å². The molecule has 0 aromatic heterocycles.